The minimum Gasteiger partial charge on any atom is -0.388 e. The summed E-state index contributed by atoms with van der Waals surface area (Å²) in [6, 6.07) is 5.72. The molecule has 0 saturated carbocycles. The first-order chi connectivity index (χ1) is 8.69. The predicted molar refractivity (Wildman–Crippen MR) is 78.8 cm³/mol. The summed E-state index contributed by atoms with van der Waals surface area (Å²) in [5.74, 6) is 1.57. The molecule has 98 valence electrons. The van der Waals surface area contributed by atoms with Crippen LogP contribution in [0.5, 0.6) is 0 Å². The van der Waals surface area contributed by atoms with E-state index in [0.29, 0.717) is 16.6 Å². The normalized spacial score (nSPS) is 19.9. The van der Waals surface area contributed by atoms with Crippen molar-refractivity contribution in [3.05, 3.63) is 23.9 Å². The zero-order valence-electron chi connectivity index (χ0n) is 10.7. The second kappa shape index (κ2) is 6.11. The van der Waals surface area contributed by atoms with Crippen molar-refractivity contribution >= 4 is 23.0 Å². The molecule has 0 radical (unpaired) electrons. The number of nitrogens with zero attached hydrogens (tertiary/aromatic N) is 2. The van der Waals surface area contributed by atoms with Crippen LogP contribution in [0.1, 0.15) is 19.0 Å². The van der Waals surface area contributed by atoms with Gasteiger partial charge in [0, 0.05) is 13.1 Å². The lowest BCUT2D eigenvalue weighted by molar-refractivity contribution is 0.345. The molecule has 0 amide bonds. The number of thiocarbonyl (C=S) groups is 1. The van der Waals surface area contributed by atoms with Crippen LogP contribution < -0.4 is 11.1 Å². The Morgan fingerprint density at radius 2 is 2.44 bits per heavy atom. The third kappa shape index (κ3) is 3.40. The van der Waals surface area contributed by atoms with Crippen LogP contribution in [-0.2, 0) is 0 Å². The molecule has 0 aromatic carbocycles. The zero-order valence-corrected chi connectivity index (χ0v) is 11.5. The van der Waals surface area contributed by atoms with Crippen LogP contribution in [0.3, 0.4) is 0 Å². The van der Waals surface area contributed by atoms with Gasteiger partial charge in [-0.3, -0.25) is 0 Å². The van der Waals surface area contributed by atoms with Crippen molar-refractivity contribution in [1.82, 2.24) is 9.88 Å². The van der Waals surface area contributed by atoms with Crippen LogP contribution >= 0.6 is 12.2 Å². The largest absolute Gasteiger partial charge is 0.388 e. The zero-order chi connectivity index (χ0) is 13.0. The van der Waals surface area contributed by atoms with Gasteiger partial charge in [-0.1, -0.05) is 25.2 Å². The van der Waals surface area contributed by atoms with Gasteiger partial charge in [-0.2, -0.15) is 0 Å². The summed E-state index contributed by atoms with van der Waals surface area (Å²) >= 11 is 4.93. The molecule has 2 rings (SSSR count). The molecule has 18 heavy (non-hydrogen) atoms. The summed E-state index contributed by atoms with van der Waals surface area (Å²) in [6.45, 7) is 6.71. The van der Waals surface area contributed by atoms with Gasteiger partial charge < -0.3 is 16.0 Å². The molecule has 1 aromatic heterocycles. The number of anilines is 1. The van der Waals surface area contributed by atoms with Gasteiger partial charge in [-0.25, -0.2) is 4.98 Å². The lowest BCUT2D eigenvalue weighted by Gasteiger charge is -2.14. The van der Waals surface area contributed by atoms with Crippen molar-refractivity contribution in [1.29, 1.82) is 0 Å². The molecule has 1 atom stereocenters. The van der Waals surface area contributed by atoms with Crippen molar-refractivity contribution in [3.63, 3.8) is 0 Å². The van der Waals surface area contributed by atoms with E-state index in [4.69, 9.17) is 18.0 Å². The van der Waals surface area contributed by atoms with Gasteiger partial charge in [0.15, 0.2) is 0 Å². The number of aromatic nitrogens is 1. The van der Waals surface area contributed by atoms with Gasteiger partial charge in [-0.15, -0.1) is 0 Å². The highest BCUT2D eigenvalue weighted by molar-refractivity contribution is 7.80. The van der Waals surface area contributed by atoms with Gasteiger partial charge in [0.25, 0.3) is 0 Å². The molecule has 0 spiro atoms. The molecular formula is C13H20N4S. The van der Waals surface area contributed by atoms with E-state index in [0.717, 1.165) is 18.9 Å². The lowest BCUT2D eigenvalue weighted by atomic mass is 10.1. The Balaban J connectivity index is 1.87. The Labute approximate surface area is 114 Å². The second-order valence-corrected chi connectivity index (χ2v) is 5.14. The molecule has 1 aromatic rings. The Morgan fingerprint density at radius 3 is 3.11 bits per heavy atom. The molecule has 1 saturated heterocycles. The summed E-state index contributed by atoms with van der Waals surface area (Å²) in [6.07, 6.45) is 1.26. The molecule has 1 unspecified atom stereocenters. The van der Waals surface area contributed by atoms with Crippen LogP contribution in [0.4, 0.5) is 5.82 Å². The third-order valence-corrected chi connectivity index (χ3v) is 3.60. The van der Waals surface area contributed by atoms with Gasteiger partial charge in [0.1, 0.15) is 10.8 Å². The molecule has 1 aliphatic heterocycles. The van der Waals surface area contributed by atoms with Crippen LogP contribution in [0, 0.1) is 5.92 Å². The highest BCUT2D eigenvalue weighted by Crippen LogP contribution is 2.16. The Morgan fingerprint density at radius 1 is 1.61 bits per heavy atom. The van der Waals surface area contributed by atoms with Crippen molar-refractivity contribution in [2.45, 2.75) is 13.3 Å². The van der Waals surface area contributed by atoms with E-state index in [-0.39, 0.29) is 0 Å². The smallest absolute Gasteiger partial charge is 0.126 e. The van der Waals surface area contributed by atoms with Crippen molar-refractivity contribution in [3.8, 4) is 0 Å². The summed E-state index contributed by atoms with van der Waals surface area (Å²) < 4.78 is 0. The van der Waals surface area contributed by atoms with Crippen LogP contribution in [0.2, 0.25) is 0 Å². The van der Waals surface area contributed by atoms with Crippen molar-refractivity contribution < 1.29 is 0 Å². The minimum atomic E-state index is 0.344. The third-order valence-electron chi connectivity index (χ3n) is 3.39. The number of hydrogen-bond acceptors (Lipinski definition) is 4. The van der Waals surface area contributed by atoms with Crippen LogP contribution in [0.25, 0.3) is 0 Å². The maximum Gasteiger partial charge on any atom is 0.126 e. The molecule has 5 heteroatoms. The summed E-state index contributed by atoms with van der Waals surface area (Å²) in [5.41, 5.74) is 6.25. The number of nitrogens with one attached hydrogen (secondary N) is 1. The molecular weight excluding hydrogens is 244 g/mol. The first-order valence-electron chi connectivity index (χ1n) is 6.42. The number of likely N-dealkylation sites (tertiary alicyclic amines) is 1. The van der Waals surface area contributed by atoms with Gasteiger partial charge >= 0.3 is 0 Å². The molecule has 0 bridgehead atoms. The summed E-state index contributed by atoms with van der Waals surface area (Å²) in [7, 11) is 0. The first-order valence-corrected chi connectivity index (χ1v) is 6.83. The van der Waals surface area contributed by atoms with E-state index in [1.165, 1.54) is 19.5 Å². The monoisotopic (exact) mass is 264 g/mol. The van der Waals surface area contributed by atoms with Crippen molar-refractivity contribution in [2.24, 2.45) is 11.7 Å². The lowest BCUT2D eigenvalue weighted by Crippen LogP contribution is -2.22. The Bertz CT molecular complexity index is 421. The van der Waals surface area contributed by atoms with E-state index < -0.39 is 0 Å². The van der Waals surface area contributed by atoms with Crippen LogP contribution in [-0.4, -0.2) is 41.1 Å². The molecule has 2 heterocycles. The fraction of sp³-hybridized carbons (Fsp3) is 0.538. The summed E-state index contributed by atoms with van der Waals surface area (Å²) in [5, 5.41) is 3.37. The summed E-state index contributed by atoms with van der Waals surface area (Å²) in [4.78, 5) is 7.20. The van der Waals surface area contributed by atoms with E-state index in [1.807, 2.05) is 18.2 Å². The van der Waals surface area contributed by atoms with E-state index in [2.05, 4.69) is 22.1 Å². The molecule has 1 fully saturated rings. The Kier molecular flexibility index (Phi) is 4.49. The SMILES string of the molecule is CCN1CCC(CNc2cccc(C(N)=S)n2)C1. The van der Waals surface area contributed by atoms with Gasteiger partial charge in [0.2, 0.25) is 0 Å². The molecule has 1 aliphatic rings. The standard InChI is InChI=1S/C13H20N4S/c1-2-17-7-6-10(9-17)8-15-12-5-3-4-11(16-12)13(14)18/h3-5,10H,2,6-9H2,1H3,(H2,14,18)(H,15,16). The first kappa shape index (κ1) is 13.2. The minimum absolute atomic E-state index is 0.344. The van der Waals surface area contributed by atoms with Crippen LogP contribution in [0.15, 0.2) is 18.2 Å². The number of hydrogen-bond donors (Lipinski definition) is 2. The second-order valence-electron chi connectivity index (χ2n) is 4.70. The average Bonchev–Trinajstić information content (AvgIpc) is 2.84. The van der Waals surface area contributed by atoms with E-state index in [1.54, 1.807) is 0 Å². The molecule has 3 N–H and O–H groups in total. The highest BCUT2D eigenvalue weighted by atomic mass is 32.1. The number of rotatable bonds is 5. The maximum atomic E-state index is 5.57. The molecule has 0 aliphatic carbocycles. The van der Waals surface area contributed by atoms with Crippen molar-refractivity contribution in [2.75, 3.05) is 31.5 Å². The topological polar surface area (TPSA) is 54.2 Å². The number of pyridine rings is 1. The fourth-order valence-electron chi connectivity index (χ4n) is 2.29. The quantitative estimate of drug-likeness (QED) is 0.789. The average molecular weight is 264 g/mol. The van der Waals surface area contributed by atoms with Gasteiger partial charge in [-0.05, 0) is 37.6 Å². The maximum absolute atomic E-state index is 5.57. The Hall–Kier alpha value is -1.20. The van der Waals surface area contributed by atoms with E-state index >= 15 is 0 Å². The number of nitrogens with two attached hydrogens (primary N) is 1. The predicted octanol–water partition coefficient (Wildman–Crippen LogP) is 1.47. The highest BCUT2D eigenvalue weighted by Gasteiger charge is 2.20. The van der Waals surface area contributed by atoms with Gasteiger partial charge in [0.05, 0.1) is 5.69 Å². The van der Waals surface area contributed by atoms with E-state index in [9.17, 15) is 0 Å². The fourth-order valence-corrected chi connectivity index (χ4v) is 2.40. The molecule has 4 nitrogen and oxygen atoms in total.